The number of carbonyl (C=O) groups is 2. The summed E-state index contributed by atoms with van der Waals surface area (Å²) >= 11 is 0. The number of amides is 2. The predicted molar refractivity (Wildman–Crippen MR) is 62.7 cm³/mol. The van der Waals surface area contributed by atoms with Gasteiger partial charge in [-0.3, -0.25) is 0 Å². The molecule has 0 radical (unpaired) electrons. The minimum Gasteiger partial charge on any atom is -0.480 e. The molecular weight excluding hydrogens is 236 g/mol. The van der Waals surface area contributed by atoms with E-state index in [9.17, 15) is 9.59 Å². The van der Waals surface area contributed by atoms with Crippen LogP contribution in [0.3, 0.4) is 0 Å². The van der Waals surface area contributed by atoms with Gasteiger partial charge in [-0.05, 0) is 18.8 Å². The van der Waals surface area contributed by atoms with Gasteiger partial charge in [0.1, 0.15) is 11.9 Å². The Bertz CT molecular complexity index is 428. The molecule has 1 heterocycles. The van der Waals surface area contributed by atoms with Crippen LogP contribution in [0.2, 0.25) is 0 Å². The topological polar surface area (TPSA) is 98.3 Å². The van der Waals surface area contributed by atoms with Gasteiger partial charge in [-0.15, -0.1) is 0 Å². The number of H-pyrrole nitrogens is 1. The highest BCUT2D eigenvalue weighted by atomic mass is 16.4. The monoisotopic (exact) mass is 252 g/mol. The average molecular weight is 252 g/mol. The summed E-state index contributed by atoms with van der Waals surface area (Å²) in [5.74, 6) is -0.244. The van der Waals surface area contributed by atoms with Crippen LogP contribution in [0.25, 0.3) is 0 Å². The maximum absolute atomic E-state index is 11.8. The van der Waals surface area contributed by atoms with Gasteiger partial charge in [0.15, 0.2) is 0 Å². The van der Waals surface area contributed by atoms with Crippen LogP contribution in [0.15, 0.2) is 12.4 Å². The molecule has 98 valence electrons. The molecule has 0 aliphatic heterocycles. The van der Waals surface area contributed by atoms with E-state index in [0.717, 1.165) is 12.8 Å². The number of urea groups is 1. The van der Waals surface area contributed by atoms with E-state index >= 15 is 0 Å². The summed E-state index contributed by atoms with van der Waals surface area (Å²) in [6, 6.07) is -1.18. The van der Waals surface area contributed by atoms with Crippen LogP contribution in [0.5, 0.6) is 0 Å². The fourth-order valence-corrected chi connectivity index (χ4v) is 1.73. The lowest BCUT2D eigenvalue weighted by Crippen LogP contribution is -2.47. The smallest absolute Gasteiger partial charge is 0.326 e. The molecule has 2 rings (SSSR count). The fourth-order valence-electron chi connectivity index (χ4n) is 1.73. The van der Waals surface area contributed by atoms with E-state index in [0.29, 0.717) is 12.4 Å². The molecule has 1 unspecified atom stereocenters. The summed E-state index contributed by atoms with van der Waals surface area (Å²) in [5.41, 5.74) is 0. The normalized spacial score (nSPS) is 16.1. The van der Waals surface area contributed by atoms with Crippen LogP contribution < -0.4 is 5.32 Å². The third-order valence-corrected chi connectivity index (χ3v) is 2.93. The number of carbonyl (C=O) groups excluding carboxylic acids is 1. The maximum Gasteiger partial charge on any atom is 0.326 e. The Kier molecular flexibility index (Phi) is 3.50. The molecule has 1 atom stereocenters. The van der Waals surface area contributed by atoms with E-state index in [4.69, 9.17) is 5.11 Å². The largest absolute Gasteiger partial charge is 0.480 e. The van der Waals surface area contributed by atoms with E-state index in [-0.39, 0.29) is 5.92 Å². The molecule has 7 nitrogen and oxygen atoms in total. The van der Waals surface area contributed by atoms with E-state index in [1.807, 2.05) is 0 Å². The average Bonchev–Trinajstić information content (AvgIpc) is 3.03. The van der Waals surface area contributed by atoms with E-state index in [1.165, 1.54) is 4.90 Å². The summed E-state index contributed by atoms with van der Waals surface area (Å²) in [6.07, 6.45) is 4.99. The number of rotatable bonds is 5. The Labute approximate surface area is 104 Å². The van der Waals surface area contributed by atoms with Crippen molar-refractivity contribution in [3.8, 4) is 0 Å². The maximum atomic E-state index is 11.8. The molecule has 1 aliphatic rings. The van der Waals surface area contributed by atoms with Gasteiger partial charge in [-0.25, -0.2) is 14.6 Å². The Morgan fingerprint density at radius 2 is 2.39 bits per heavy atom. The van der Waals surface area contributed by atoms with Crippen molar-refractivity contribution in [1.82, 2.24) is 20.2 Å². The van der Waals surface area contributed by atoms with E-state index < -0.39 is 18.0 Å². The molecule has 0 aromatic carbocycles. The zero-order valence-corrected chi connectivity index (χ0v) is 10.1. The van der Waals surface area contributed by atoms with Crippen molar-refractivity contribution in [1.29, 1.82) is 0 Å². The van der Waals surface area contributed by atoms with Crippen LogP contribution in [0.4, 0.5) is 4.79 Å². The first kappa shape index (κ1) is 12.4. The number of aromatic nitrogens is 2. The lowest BCUT2D eigenvalue weighted by atomic mass is 10.2. The second kappa shape index (κ2) is 5.07. The molecular formula is C11H16N4O3. The third-order valence-electron chi connectivity index (χ3n) is 2.93. The summed E-state index contributed by atoms with van der Waals surface area (Å²) in [7, 11) is 1.60. The molecule has 0 bridgehead atoms. The quantitative estimate of drug-likeness (QED) is 0.707. The molecule has 0 saturated heterocycles. The molecule has 1 aromatic rings. The fraction of sp³-hybridized carbons (Fsp3) is 0.545. The van der Waals surface area contributed by atoms with Gasteiger partial charge in [0.25, 0.3) is 0 Å². The summed E-state index contributed by atoms with van der Waals surface area (Å²) in [5, 5.41) is 11.6. The van der Waals surface area contributed by atoms with Crippen molar-refractivity contribution in [3.63, 3.8) is 0 Å². The minimum atomic E-state index is -0.975. The Morgan fingerprint density at radius 1 is 1.67 bits per heavy atom. The van der Waals surface area contributed by atoms with Crippen LogP contribution in [-0.2, 0) is 11.3 Å². The Morgan fingerprint density at radius 3 is 2.89 bits per heavy atom. The minimum absolute atomic E-state index is 0.0727. The summed E-state index contributed by atoms with van der Waals surface area (Å²) < 4.78 is 0. The number of nitrogens with one attached hydrogen (secondary N) is 2. The number of nitrogens with zero attached hydrogens (tertiary/aromatic N) is 2. The van der Waals surface area contributed by atoms with Gasteiger partial charge in [-0.1, -0.05) is 0 Å². The van der Waals surface area contributed by atoms with Crippen LogP contribution in [0.1, 0.15) is 18.7 Å². The van der Waals surface area contributed by atoms with Gasteiger partial charge >= 0.3 is 12.0 Å². The van der Waals surface area contributed by atoms with Crippen molar-refractivity contribution >= 4 is 12.0 Å². The Balaban J connectivity index is 1.88. The van der Waals surface area contributed by atoms with E-state index in [2.05, 4.69) is 15.3 Å². The lowest BCUT2D eigenvalue weighted by molar-refractivity contribution is -0.139. The number of aromatic amines is 1. The van der Waals surface area contributed by atoms with Gasteiger partial charge < -0.3 is 20.3 Å². The highest BCUT2D eigenvalue weighted by molar-refractivity contribution is 5.82. The second-order valence-corrected chi connectivity index (χ2v) is 4.49. The zero-order chi connectivity index (χ0) is 13.1. The standard InChI is InChI=1S/C11H16N4O3/c1-15(6-8-12-4-5-13-8)11(18)14-9(10(16)17)7-2-3-7/h4-5,7,9H,2-3,6H2,1H3,(H,12,13)(H,14,18)(H,16,17). The lowest BCUT2D eigenvalue weighted by Gasteiger charge is -2.20. The highest BCUT2D eigenvalue weighted by Gasteiger charge is 2.37. The van der Waals surface area contributed by atoms with Crippen LogP contribution in [0, 0.1) is 5.92 Å². The Hall–Kier alpha value is -2.05. The summed E-state index contributed by atoms with van der Waals surface area (Å²) in [4.78, 5) is 31.1. The van der Waals surface area contributed by atoms with Gasteiger partial charge in [-0.2, -0.15) is 0 Å². The number of hydrogen-bond donors (Lipinski definition) is 3. The molecule has 7 heteroatoms. The first-order valence-electron chi connectivity index (χ1n) is 5.80. The third kappa shape index (κ3) is 2.99. The number of carboxylic acid groups (broad SMARTS) is 1. The molecule has 0 spiro atoms. The van der Waals surface area contributed by atoms with Crippen LogP contribution in [-0.4, -0.2) is 45.1 Å². The SMILES string of the molecule is CN(Cc1ncc[nH]1)C(=O)NC(C(=O)O)C1CC1. The molecule has 1 aliphatic carbocycles. The summed E-state index contributed by atoms with van der Waals surface area (Å²) in [6.45, 7) is 0.315. The number of imidazole rings is 1. The molecule has 18 heavy (non-hydrogen) atoms. The number of aliphatic carboxylic acids is 1. The molecule has 1 aromatic heterocycles. The molecule has 1 saturated carbocycles. The van der Waals surface area contributed by atoms with Crippen molar-refractivity contribution in [2.45, 2.75) is 25.4 Å². The van der Waals surface area contributed by atoms with E-state index in [1.54, 1.807) is 19.4 Å². The van der Waals surface area contributed by atoms with Crippen molar-refractivity contribution in [3.05, 3.63) is 18.2 Å². The van der Waals surface area contributed by atoms with Crippen LogP contribution >= 0.6 is 0 Å². The first-order valence-corrected chi connectivity index (χ1v) is 5.80. The first-order chi connectivity index (χ1) is 8.58. The molecule has 1 fully saturated rings. The van der Waals surface area contributed by atoms with Crippen molar-refractivity contribution in [2.75, 3.05) is 7.05 Å². The van der Waals surface area contributed by atoms with Crippen molar-refractivity contribution in [2.24, 2.45) is 5.92 Å². The zero-order valence-electron chi connectivity index (χ0n) is 10.1. The highest BCUT2D eigenvalue weighted by Crippen LogP contribution is 2.32. The molecule has 3 N–H and O–H groups in total. The van der Waals surface area contributed by atoms with Crippen molar-refractivity contribution < 1.29 is 14.7 Å². The molecule has 2 amide bonds. The van der Waals surface area contributed by atoms with Gasteiger partial charge in [0.2, 0.25) is 0 Å². The predicted octanol–water partition coefficient (Wildman–Crippen LogP) is 0.414. The number of hydrogen-bond acceptors (Lipinski definition) is 3. The van der Waals surface area contributed by atoms with Gasteiger partial charge in [0.05, 0.1) is 6.54 Å². The second-order valence-electron chi connectivity index (χ2n) is 4.49. The van der Waals surface area contributed by atoms with Gasteiger partial charge in [0, 0.05) is 19.4 Å². The number of carboxylic acids is 1.